The van der Waals surface area contributed by atoms with Crippen LogP contribution in [-0.2, 0) is 11.3 Å². The van der Waals surface area contributed by atoms with E-state index in [1.165, 1.54) is 10.8 Å². The Morgan fingerprint density at radius 2 is 2.17 bits per heavy atom. The summed E-state index contributed by atoms with van der Waals surface area (Å²) >= 11 is 0. The van der Waals surface area contributed by atoms with E-state index in [-0.39, 0.29) is 24.1 Å². The van der Waals surface area contributed by atoms with Crippen molar-refractivity contribution < 1.29 is 9.90 Å². The lowest BCUT2D eigenvalue weighted by Crippen LogP contribution is -2.50. The lowest BCUT2D eigenvalue weighted by Gasteiger charge is -2.37. The van der Waals surface area contributed by atoms with Crippen LogP contribution in [0.2, 0.25) is 0 Å². The van der Waals surface area contributed by atoms with Crippen molar-refractivity contribution in [2.75, 3.05) is 6.54 Å². The second-order valence-corrected chi connectivity index (χ2v) is 6.06. The van der Waals surface area contributed by atoms with E-state index < -0.39 is 6.10 Å². The van der Waals surface area contributed by atoms with Gasteiger partial charge in [0.25, 0.3) is 5.56 Å². The van der Waals surface area contributed by atoms with Crippen molar-refractivity contribution in [2.24, 2.45) is 0 Å². The molecule has 6 heteroatoms. The van der Waals surface area contributed by atoms with Gasteiger partial charge in [-0.2, -0.15) is 0 Å². The number of piperidine rings is 1. The first-order chi connectivity index (χ1) is 11.1. The van der Waals surface area contributed by atoms with Gasteiger partial charge in [-0.15, -0.1) is 0 Å². The van der Waals surface area contributed by atoms with Gasteiger partial charge in [0.05, 0.1) is 29.4 Å². The Kier molecular flexibility index (Phi) is 4.43. The first kappa shape index (κ1) is 15.7. The van der Waals surface area contributed by atoms with Crippen LogP contribution in [0.5, 0.6) is 0 Å². The largest absolute Gasteiger partial charge is 0.391 e. The highest BCUT2D eigenvalue weighted by atomic mass is 16.3. The van der Waals surface area contributed by atoms with Crippen LogP contribution in [-0.4, -0.2) is 44.2 Å². The van der Waals surface area contributed by atoms with Gasteiger partial charge >= 0.3 is 0 Å². The molecule has 1 fully saturated rings. The standard InChI is InChI=1S/C17H21N3O3/c1-12(21)14-7-4-5-9-19(14)17(23)11-20-15-8-3-2-6-13(15)18-10-16(20)22/h2-3,6,8,10,12,14,21H,4-5,7,9,11H2,1H3. The predicted molar refractivity (Wildman–Crippen MR) is 87.0 cm³/mol. The first-order valence-corrected chi connectivity index (χ1v) is 8.00. The summed E-state index contributed by atoms with van der Waals surface area (Å²) in [5.74, 6) is -0.131. The molecule has 2 atom stereocenters. The van der Waals surface area contributed by atoms with Crippen LogP contribution in [0.4, 0.5) is 0 Å². The third-order valence-corrected chi connectivity index (χ3v) is 4.47. The minimum absolute atomic E-state index is 0.0227. The van der Waals surface area contributed by atoms with Crippen LogP contribution in [0.25, 0.3) is 11.0 Å². The van der Waals surface area contributed by atoms with Crippen molar-refractivity contribution in [3.05, 3.63) is 40.8 Å². The number of carbonyl (C=O) groups excluding carboxylic acids is 1. The van der Waals surface area contributed by atoms with Crippen LogP contribution in [0.15, 0.2) is 35.3 Å². The van der Waals surface area contributed by atoms with Gasteiger partial charge in [-0.25, -0.2) is 4.98 Å². The summed E-state index contributed by atoms with van der Waals surface area (Å²) in [4.78, 5) is 30.7. The minimum Gasteiger partial charge on any atom is -0.391 e. The number of likely N-dealkylation sites (tertiary alicyclic amines) is 1. The molecule has 1 aromatic carbocycles. The Morgan fingerprint density at radius 3 is 2.96 bits per heavy atom. The van der Waals surface area contributed by atoms with E-state index in [0.717, 1.165) is 19.3 Å². The SMILES string of the molecule is CC(O)C1CCCCN1C(=O)Cn1c(=O)cnc2ccccc21. The van der Waals surface area contributed by atoms with Crippen LogP contribution >= 0.6 is 0 Å². The van der Waals surface area contributed by atoms with E-state index in [1.807, 2.05) is 18.2 Å². The monoisotopic (exact) mass is 315 g/mol. The van der Waals surface area contributed by atoms with E-state index >= 15 is 0 Å². The lowest BCUT2D eigenvalue weighted by atomic mass is 9.98. The summed E-state index contributed by atoms with van der Waals surface area (Å²) in [7, 11) is 0. The average molecular weight is 315 g/mol. The molecule has 1 aliphatic heterocycles. The maximum Gasteiger partial charge on any atom is 0.269 e. The highest BCUT2D eigenvalue weighted by Crippen LogP contribution is 2.20. The summed E-state index contributed by atoms with van der Waals surface area (Å²) in [5, 5.41) is 9.92. The van der Waals surface area contributed by atoms with Crippen LogP contribution in [0.3, 0.4) is 0 Å². The summed E-state index contributed by atoms with van der Waals surface area (Å²) in [6.45, 7) is 2.32. The zero-order valence-electron chi connectivity index (χ0n) is 13.2. The van der Waals surface area contributed by atoms with Crippen LogP contribution in [0, 0.1) is 0 Å². The van der Waals surface area contributed by atoms with E-state index in [2.05, 4.69) is 4.98 Å². The number of hydrogen-bond acceptors (Lipinski definition) is 4. The average Bonchev–Trinajstić information content (AvgIpc) is 2.57. The number of aliphatic hydroxyl groups excluding tert-OH is 1. The molecule has 0 saturated carbocycles. The van der Waals surface area contributed by atoms with Gasteiger partial charge in [-0.05, 0) is 38.3 Å². The van der Waals surface area contributed by atoms with Gasteiger partial charge in [0.15, 0.2) is 0 Å². The smallest absolute Gasteiger partial charge is 0.269 e. The fraction of sp³-hybridized carbons (Fsp3) is 0.471. The molecule has 0 aliphatic carbocycles. The predicted octanol–water partition coefficient (Wildman–Crippen LogP) is 1.16. The fourth-order valence-electron chi connectivity index (χ4n) is 3.27. The number of nitrogens with zero attached hydrogens (tertiary/aromatic N) is 3. The Labute approximate surface area is 134 Å². The van der Waals surface area contributed by atoms with Crippen molar-refractivity contribution in [1.29, 1.82) is 0 Å². The number of carbonyl (C=O) groups is 1. The molecule has 3 rings (SSSR count). The number of rotatable bonds is 3. The van der Waals surface area contributed by atoms with Crippen LogP contribution < -0.4 is 5.56 Å². The third-order valence-electron chi connectivity index (χ3n) is 4.47. The minimum atomic E-state index is -0.565. The normalized spacial score (nSPS) is 19.7. The summed E-state index contributed by atoms with van der Waals surface area (Å²) in [5.41, 5.74) is 1.05. The molecule has 2 unspecified atom stereocenters. The molecule has 2 aromatic rings. The zero-order valence-corrected chi connectivity index (χ0v) is 13.2. The highest BCUT2D eigenvalue weighted by Gasteiger charge is 2.30. The molecule has 6 nitrogen and oxygen atoms in total. The molecule has 0 spiro atoms. The highest BCUT2D eigenvalue weighted by molar-refractivity contribution is 5.80. The summed E-state index contributed by atoms with van der Waals surface area (Å²) in [6.07, 6.45) is 3.43. The number of hydrogen-bond donors (Lipinski definition) is 1. The Balaban J connectivity index is 1.91. The van der Waals surface area contributed by atoms with Gasteiger partial charge in [-0.3, -0.25) is 14.2 Å². The molecule has 122 valence electrons. The van der Waals surface area contributed by atoms with E-state index in [9.17, 15) is 14.7 Å². The molecule has 1 amide bonds. The number of aliphatic hydroxyl groups is 1. The lowest BCUT2D eigenvalue weighted by molar-refractivity contribution is -0.138. The van der Waals surface area contributed by atoms with Crippen molar-refractivity contribution >= 4 is 16.9 Å². The maximum absolute atomic E-state index is 12.7. The van der Waals surface area contributed by atoms with Crippen molar-refractivity contribution in [1.82, 2.24) is 14.5 Å². The van der Waals surface area contributed by atoms with E-state index in [1.54, 1.807) is 17.9 Å². The fourth-order valence-corrected chi connectivity index (χ4v) is 3.27. The van der Waals surface area contributed by atoms with Crippen molar-refractivity contribution in [3.8, 4) is 0 Å². The molecule has 23 heavy (non-hydrogen) atoms. The molecule has 1 saturated heterocycles. The number of aromatic nitrogens is 2. The van der Waals surface area contributed by atoms with Gasteiger partial charge in [0, 0.05) is 6.54 Å². The maximum atomic E-state index is 12.7. The van der Waals surface area contributed by atoms with E-state index in [0.29, 0.717) is 17.6 Å². The second kappa shape index (κ2) is 6.50. The quantitative estimate of drug-likeness (QED) is 0.922. The van der Waals surface area contributed by atoms with Gasteiger partial charge in [-0.1, -0.05) is 12.1 Å². The Morgan fingerprint density at radius 1 is 1.39 bits per heavy atom. The van der Waals surface area contributed by atoms with E-state index in [4.69, 9.17) is 0 Å². The Hall–Kier alpha value is -2.21. The van der Waals surface area contributed by atoms with Gasteiger partial charge < -0.3 is 10.0 Å². The van der Waals surface area contributed by atoms with Crippen molar-refractivity contribution in [3.63, 3.8) is 0 Å². The number of amides is 1. The molecule has 1 aliphatic rings. The molecule has 0 bridgehead atoms. The number of benzene rings is 1. The first-order valence-electron chi connectivity index (χ1n) is 8.00. The van der Waals surface area contributed by atoms with Crippen LogP contribution in [0.1, 0.15) is 26.2 Å². The molecular formula is C17H21N3O3. The van der Waals surface area contributed by atoms with Gasteiger partial charge in [0.2, 0.25) is 5.91 Å². The molecule has 1 N–H and O–H groups in total. The molecule has 1 aromatic heterocycles. The Bertz CT molecular complexity index is 769. The molecular weight excluding hydrogens is 294 g/mol. The third kappa shape index (κ3) is 3.12. The summed E-state index contributed by atoms with van der Waals surface area (Å²) < 4.78 is 1.46. The van der Waals surface area contributed by atoms with Gasteiger partial charge in [0.1, 0.15) is 6.54 Å². The molecule has 0 radical (unpaired) electrons. The topological polar surface area (TPSA) is 75.4 Å². The summed E-state index contributed by atoms with van der Waals surface area (Å²) in [6, 6.07) is 7.11. The second-order valence-electron chi connectivity index (χ2n) is 6.06. The van der Waals surface area contributed by atoms with Crippen molar-refractivity contribution in [2.45, 2.75) is 44.9 Å². The molecule has 2 heterocycles. The number of para-hydroxylation sites is 2. The zero-order chi connectivity index (χ0) is 16.4. The number of fused-ring (bicyclic) bond motifs is 1.